The molecule has 276 valence electrons. The van der Waals surface area contributed by atoms with Crippen molar-refractivity contribution in [1.29, 1.82) is 0 Å². The summed E-state index contributed by atoms with van der Waals surface area (Å²) in [6.45, 7) is 2.14. The van der Waals surface area contributed by atoms with Crippen molar-refractivity contribution >= 4 is 17.7 Å². The van der Waals surface area contributed by atoms with Crippen LogP contribution < -0.4 is 0 Å². The summed E-state index contributed by atoms with van der Waals surface area (Å²) in [5.74, 6) is -20.6. The Bertz CT molecular complexity index is 1370. The quantitative estimate of drug-likeness (QED) is 0.0991. The standard InChI is InChI=1S/C35H43F9O4S/c1-2-19-31(24-13-15-25(45)16-14-24)22-49-29-21-26(46)17-18-27(29)28(31)12-8-6-4-3-5-7-10-23(30(47)48)11-9-20-32(36,37)33(38,39)34(40,41)35(42,43)44/h13-18,21,23,28,45-46H,2-12,19-20,22H2,1H3,(H,47,48). The molecule has 4 nitrogen and oxygen atoms in total. The third-order valence-electron chi connectivity index (χ3n) is 9.56. The van der Waals surface area contributed by atoms with E-state index < -0.39 is 55.1 Å². The maximum atomic E-state index is 13.8. The molecule has 3 N–H and O–H groups in total. The molecule has 0 aromatic heterocycles. The fourth-order valence-corrected chi connectivity index (χ4v) is 8.37. The van der Waals surface area contributed by atoms with E-state index in [1.807, 2.05) is 18.2 Å². The third kappa shape index (κ3) is 9.32. The lowest BCUT2D eigenvalue weighted by atomic mass is 9.64. The van der Waals surface area contributed by atoms with Crippen LogP contribution in [0.4, 0.5) is 39.5 Å². The van der Waals surface area contributed by atoms with Crippen LogP contribution in [0.5, 0.6) is 11.5 Å². The Morgan fingerprint density at radius 3 is 1.98 bits per heavy atom. The van der Waals surface area contributed by atoms with Gasteiger partial charge in [0.1, 0.15) is 11.5 Å². The van der Waals surface area contributed by atoms with Crippen molar-refractivity contribution in [2.24, 2.45) is 5.92 Å². The number of halogens is 9. The van der Waals surface area contributed by atoms with Crippen LogP contribution in [0.2, 0.25) is 0 Å². The van der Waals surface area contributed by atoms with Crippen molar-refractivity contribution in [1.82, 2.24) is 0 Å². The molecule has 3 unspecified atom stereocenters. The van der Waals surface area contributed by atoms with E-state index in [0.29, 0.717) is 12.8 Å². The van der Waals surface area contributed by atoms with Gasteiger partial charge in [-0.25, -0.2) is 0 Å². The lowest BCUT2D eigenvalue weighted by Gasteiger charge is -2.46. The number of hydrogen-bond acceptors (Lipinski definition) is 4. The van der Waals surface area contributed by atoms with E-state index in [-0.39, 0.29) is 29.3 Å². The number of carboxylic acid groups (broad SMARTS) is 1. The van der Waals surface area contributed by atoms with Gasteiger partial charge >= 0.3 is 29.9 Å². The summed E-state index contributed by atoms with van der Waals surface area (Å²) < 4.78 is 118. The number of phenols is 2. The molecule has 3 atom stereocenters. The van der Waals surface area contributed by atoms with Crippen molar-refractivity contribution in [3.63, 3.8) is 0 Å². The first-order valence-electron chi connectivity index (χ1n) is 16.5. The number of aromatic hydroxyl groups is 2. The van der Waals surface area contributed by atoms with Gasteiger partial charge in [-0.2, -0.15) is 39.5 Å². The Kier molecular flexibility index (Phi) is 13.7. The summed E-state index contributed by atoms with van der Waals surface area (Å²) >= 11 is 1.71. The molecule has 0 bridgehead atoms. The fraction of sp³-hybridized carbons (Fsp3) is 0.629. The van der Waals surface area contributed by atoms with E-state index in [1.165, 1.54) is 5.56 Å². The Morgan fingerprint density at radius 1 is 0.816 bits per heavy atom. The van der Waals surface area contributed by atoms with E-state index in [9.17, 15) is 59.6 Å². The van der Waals surface area contributed by atoms with Gasteiger partial charge in [0.05, 0.1) is 5.92 Å². The Morgan fingerprint density at radius 2 is 1.39 bits per heavy atom. The van der Waals surface area contributed by atoms with E-state index in [1.54, 1.807) is 36.0 Å². The third-order valence-corrected chi connectivity index (χ3v) is 10.9. The molecule has 0 saturated carbocycles. The molecule has 1 aliphatic rings. The number of thioether (sulfide) groups is 1. The number of alkyl halides is 9. The monoisotopic (exact) mass is 730 g/mol. The van der Waals surface area contributed by atoms with Crippen LogP contribution in [0.25, 0.3) is 0 Å². The van der Waals surface area contributed by atoms with Crippen molar-refractivity contribution in [3.05, 3.63) is 53.6 Å². The van der Waals surface area contributed by atoms with E-state index in [4.69, 9.17) is 0 Å². The number of phenolic OH excluding ortho intramolecular Hbond substituents is 2. The highest BCUT2D eigenvalue weighted by Crippen LogP contribution is 2.56. The minimum atomic E-state index is -6.95. The molecular weight excluding hydrogens is 687 g/mol. The second-order valence-electron chi connectivity index (χ2n) is 13.0. The highest BCUT2D eigenvalue weighted by molar-refractivity contribution is 7.99. The van der Waals surface area contributed by atoms with Gasteiger partial charge < -0.3 is 15.3 Å². The topological polar surface area (TPSA) is 77.8 Å². The number of carboxylic acids is 1. The Labute approximate surface area is 284 Å². The maximum absolute atomic E-state index is 13.8. The number of carbonyl (C=O) groups is 1. The SMILES string of the molecule is CCCC1(c2ccc(O)cc2)CSc2cc(O)ccc2C1CCCCCCCCC(CCCC(F)(F)C(F)(F)C(F)(F)C(F)(F)F)C(=O)O. The van der Waals surface area contributed by atoms with Gasteiger partial charge in [0.15, 0.2) is 0 Å². The molecule has 0 spiro atoms. The zero-order chi connectivity index (χ0) is 36.7. The molecule has 3 rings (SSSR count). The highest BCUT2D eigenvalue weighted by atomic mass is 32.2. The molecule has 1 heterocycles. The molecule has 2 aromatic carbocycles. The van der Waals surface area contributed by atoms with Gasteiger partial charge in [-0.1, -0.05) is 70.1 Å². The number of unbranched alkanes of at least 4 members (excludes halogenated alkanes) is 5. The summed E-state index contributed by atoms with van der Waals surface area (Å²) in [5.41, 5.74) is 2.14. The molecule has 1 aliphatic heterocycles. The van der Waals surface area contributed by atoms with Gasteiger partial charge in [0, 0.05) is 22.5 Å². The minimum absolute atomic E-state index is 0.0194. The average Bonchev–Trinajstić information content (AvgIpc) is 3.01. The van der Waals surface area contributed by atoms with Crippen LogP contribution in [-0.2, 0) is 10.2 Å². The summed E-state index contributed by atoms with van der Waals surface area (Å²) in [7, 11) is 0. The molecule has 0 aliphatic carbocycles. The van der Waals surface area contributed by atoms with Gasteiger partial charge in [0.25, 0.3) is 0 Å². The first-order chi connectivity index (χ1) is 22.8. The van der Waals surface area contributed by atoms with Crippen LogP contribution >= 0.6 is 11.8 Å². The van der Waals surface area contributed by atoms with Crippen LogP contribution in [-0.4, -0.2) is 51.0 Å². The predicted octanol–water partition coefficient (Wildman–Crippen LogP) is 11.5. The van der Waals surface area contributed by atoms with Crippen molar-refractivity contribution in [3.8, 4) is 11.5 Å². The van der Waals surface area contributed by atoms with Gasteiger partial charge in [-0.15, -0.1) is 11.8 Å². The number of fused-ring (bicyclic) bond motifs is 1. The van der Waals surface area contributed by atoms with E-state index in [2.05, 4.69) is 6.92 Å². The zero-order valence-corrected chi connectivity index (χ0v) is 28.0. The minimum Gasteiger partial charge on any atom is -0.508 e. The molecule has 0 radical (unpaired) electrons. The van der Waals surface area contributed by atoms with Crippen LogP contribution in [0.1, 0.15) is 107 Å². The van der Waals surface area contributed by atoms with E-state index >= 15 is 0 Å². The van der Waals surface area contributed by atoms with Gasteiger partial charge in [-0.05, 0) is 73.4 Å². The Hall–Kier alpha value is -2.77. The summed E-state index contributed by atoms with van der Waals surface area (Å²) in [4.78, 5) is 12.6. The van der Waals surface area contributed by atoms with Crippen LogP contribution in [0.3, 0.4) is 0 Å². The smallest absolute Gasteiger partial charge is 0.460 e. The second-order valence-corrected chi connectivity index (χ2v) is 14.0. The molecule has 2 aromatic rings. The fourth-order valence-electron chi connectivity index (χ4n) is 6.86. The number of rotatable bonds is 19. The van der Waals surface area contributed by atoms with Gasteiger partial charge in [0.2, 0.25) is 0 Å². The average molecular weight is 731 g/mol. The molecule has 0 fully saturated rings. The first-order valence-corrected chi connectivity index (χ1v) is 17.5. The van der Waals surface area contributed by atoms with E-state index in [0.717, 1.165) is 61.2 Å². The summed E-state index contributed by atoms with van der Waals surface area (Å²) in [6.07, 6.45) is -3.35. The van der Waals surface area contributed by atoms with Crippen molar-refractivity contribution in [2.45, 2.75) is 131 Å². The van der Waals surface area contributed by atoms with Crippen molar-refractivity contribution < 1.29 is 59.6 Å². The molecule has 0 saturated heterocycles. The molecule has 0 amide bonds. The molecular formula is C35H43F9O4S. The predicted molar refractivity (Wildman–Crippen MR) is 169 cm³/mol. The van der Waals surface area contributed by atoms with Crippen LogP contribution in [0, 0.1) is 5.92 Å². The summed E-state index contributed by atoms with van der Waals surface area (Å²) in [6, 6.07) is 12.8. The zero-order valence-electron chi connectivity index (χ0n) is 27.2. The number of aliphatic carboxylic acids is 1. The molecule has 49 heavy (non-hydrogen) atoms. The number of hydrogen-bond donors (Lipinski definition) is 3. The molecule has 14 heteroatoms. The lowest BCUT2D eigenvalue weighted by Crippen LogP contribution is -2.60. The normalized spacial score (nSPS) is 19.4. The number of benzene rings is 2. The first kappa shape index (κ1) is 40.7. The summed E-state index contributed by atoms with van der Waals surface area (Å²) in [5, 5.41) is 29.4. The highest BCUT2D eigenvalue weighted by Gasteiger charge is 2.81. The van der Waals surface area contributed by atoms with Crippen molar-refractivity contribution in [2.75, 3.05) is 5.75 Å². The second kappa shape index (κ2) is 16.5. The lowest BCUT2D eigenvalue weighted by molar-refractivity contribution is -0.396. The largest absolute Gasteiger partial charge is 0.508 e. The Balaban J connectivity index is 1.50. The van der Waals surface area contributed by atoms with Crippen LogP contribution in [0.15, 0.2) is 47.4 Å². The van der Waals surface area contributed by atoms with Gasteiger partial charge in [-0.3, -0.25) is 4.79 Å². The maximum Gasteiger partial charge on any atom is 0.460 e.